The zero-order chi connectivity index (χ0) is 22.1. The van der Waals surface area contributed by atoms with Gasteiger partial charge in [0.25, 0.3) is 5.91 Å². The summed E-state index contributed by atoms with van der Waals surface area (Å²) in [6.45, 7) is 6.86. The van der Waals surface area contributed by atoms with Gasteiger partial charge in [0, 0.05) is 18.7 Å². The fourth-order valence-corrected chi connectivity index (χ4v) is 4.97. The molecule has 0 fully saturated rings. The monoisotopic (exact) mass is 481 g/mol. The molecule has 0 saturated carbocycles. The van der Waals surface area contributed by atoms with Crippen LogP contribution in [-0.2, 0) is 9.84 Å². The van der Waals surface area contributed by atoms with Crippen LogP contribution in [0.25, 0.3) is 10.2 Å². The number of hydrogen-bond acceptors (Lipinski definition) is 6. The predicted molar refractivity (Wildman–Crippen MR) is 131 cm³/mol. The maximum atomic E-state index is 13.3. The van der Waals surface area contributed by atoms with Gasteiger partial charge in [0.15, 0.2) is 15.0 Å². The number of rotatable bonds is 7. The molecule has 2 aromatic carbocycles. The summed E-state index contributed by atoms with van der Waals surface area (Å²) >= 11 is 1.49. The standard InChI is InChI=1S/C22H27N3O3S2.ClH/c1-6-30(27,28)18-10-8-17(9-11-18)21(26)25(14-13-24(4)5)22-23-20-16(3)15(2)7-12-19(20)29-22;/h7-12H,6,13-14H2,1-5H3;1H. The first kappa shape index (κ1) is 25.3. The number of aromatic nitrogens is 1. The molecule has 0 radical (unpaired) electrons. The van der Waals surface area contributed by atoms with Crippen molar-refractivity contribution >= 4 is 54.8 Å². The molecule has 0 unspecified atom stereocenters. The summed E-state index contributed by atoms with van der Waals surface area (Å²) in [5, 5.41) is 0.649. The van der Waals surface area contributed by atoms with Gasteiger partial charge in [-0.15, -0.1) is 12.4 Å². The number of halogens is 1. The van der Waals surface area contributed by atoms with E-state index in [9.17, 15) is 13.2 Å². The molecule has 0 spiro atoms. The molecule has 1 amide bonds. The van der Waals surface area contributed by atoms with Crippen molar-refractivity contribution in [1.82, 2.24) is 9.88 Å². The summed E-state index contributed by atoms with van der Waals surface area (Å²) in [5.74, 6) is -0.162. The SMILES string of the molecule is CCS(=O)(=O)c1ccc(C(=O)N(CCN(C)C)c2nc3c(C)c(C)ccc3s2)cc1.Cl. The minimum Gasteiger partial charge on any atom is -0.308 e. The van der Waals surface area contributed by atoms with E-state index in [1.165, 1.54) is 29.0 Å². The van der Waals surface area contributed by atoms with Gasteiger partial charge in [0.2, 0.25) is 0 Å². The molecule has 6 nitrogen and oxygen atoms in total. The van der Waals surface area contributed by atoms with Crippen molar-refractivity contribution < 1.29 is 13.2 Å². The van der Waals surface area contributed by atoms with Crippen LogP contribution in [0.5, 0.6) is 0 Å². The van der Waals surface area contributed by atoms with E-state index >= 15 is 0 Å². The Morgan fingerprint density at radius 3 is 2.26 bits per heavy atom. The molecule has 0 aliphatic carbocycles. The molecule has 9 heteroatoms. The van der Waals surface area contributed by atoms with E-state index in [1.54, 1.807) is 24.0 Å². The maximum absolute atomic E-state index is 13.3. The molecule has 0 aliphatic heterocycles. The third kappa shape index (κ3) is 5.44. The molecule has 1 aromatic heterocycles. The summed E-state index contributed by atoms with van der Waals surface area (Å²) < 4.78 is 25.2. The molecule has 31 heavy (non-hydrogen) atoms. The van der Waals surface area contributed by atoms with Crippen molar-refractivity contribution in [2.45, 2.75) is 25.7 Å². The predicted octanol–water partition coefficient (Wildman–Crippen LogP) is 4.34. The van der Waals surface area contributed by atoms with Gasteiger partial charge in [-0.1, -0.05) is 24.3 Å². The number of nitrogens with zero attached hydrogens (tertiary/aromatic N) is 3. The summed E-state index contributed by atoms with van der Waals surface area (Å²) in [7, 11) is 0.612. The van der Waals surface area contributed by atoms with Crippen LogP contribution in [0.2, 0.25) is 0 Å². The van der Waals surface area contributed by atoms with Gasteiger partial charge in [0.1, 0.15) is 0 Å². The minimum atomic E-state index is -3.30. The van der Waals surface area contributed by atoms with Crippen molar-refractivity contribution in [1.29, 1.82) is 0 Å². The van der Waals surface area contributed by atoms with Gasteiger partial charge in [-0.25, -0.2) is 13.4 Å². The van der Waals surface area contributed by atoms with Crippen LogP contribution in [0.3, 0.4) is 0 Å². The van der Waals surface area contributed by atoms with E-state index in [-0.39, 0.29) is 29.0 Å². The lowest BCUT2D eigenvalue weighted by Crippen LogP contribution is -2.36. The van der Waals surface area contributed by atoms with Gasteiger partial charge < -0.3 is 4.90 Å². The number of carbonyl (C=O) groups excluding carboxylic acids is 1. The average Bonchev–Trinajstić information content (AvgIpc) is 3.15. The van der Waals surface area contributed by atoms with Crippen LogP contribution in [-0.4, -0.2) is 57.1 Å². The fourth-order valence-electron chi connectivity index (χ4n) is 3.04. The van der Waals surface area contributed by atoms with Gasteiger partial charge in [0.05, 0.1) is 20.9 Å². The second kappa shape index (κ2) is 10.1. The van der Waals surface area contributed by atoms with E-state index in [1.807, 2.05) is 32.0 Å². The van der Waals surface area contributed by atoms with E-state index < -0.39 is 9.84 Å². The van der Waals surface area contributed by atoms with Crippen LogP contribution in [0.4, 0.5) is 5.13 Å². The molecule has 0 atom stereocenters. The third-order valence-corrected chi connectivity index (χ3v) is 7.95. The molecular formula is C22H28ClN3O3S2. The Labute approximate surface area is 194 Å². The largest absolute Gasteiger partial charge is 0.308 e. The smallest absolute Gasteiger partial charge is 0.260 e. The Kier molecular flexibility index (Phi) is 8.21. The Balaban J connectivity index is 0.00000341. The number of likely N-dealkylation sites (N-methyl/N-ethyl adjacent to an activating group) is 1. The van der Waals surface area contributed by atoms with Crippen molar-refractivity contribution in [2.75, 3.05) is 37.8 Å². The Hall–Kier alpha value is -2.00. The lowest BCUT2D eigenvalue weighted by molar-refractivity contribution is 0.0985. The number of amides is 1. The van der Waals surface area contributed by atoms with E-state index in [2.05, 4.69) is 13.0 Å². The number of carbonyl (C=O) groups is 1. The van der Waals surface area contributed by atoms with Gasteiger partial charge in [-0.2, -0.15) is 0 Å². The van der Waals surface area contributed by atoms with Crippen molar-refractivity contribution in [3.8, 4) is 0 Å². The molecular weight excluding hydrogens is 454 g/mol. The summed E-state index contributed by atoms with van der Waals surface area (Å²) in [5.41, 5.74) is 3.64. The Bertz CT molecular complexity index is 1170. The van der Waals surface area contributed by atoms with E-state index in [4.69, 9.17) is 4.98 Å². The van der Waals surface area contributed by atoms with E-state index in [0.29, 0.717) is 23.8 Å². The first-order valence-corrected chi connectivity index (χ1v) is 12.3. The molecule has 0 N–H and O–H groups in total. The minimum absolute atomic E-state index is 0. The molecule has 168 valence electrons. The molecule has 0 saturated heterocycles. The number of anilines is 1. The highest BCUT2D eigenvalue weighted by Gasteiger charge is 2.23. The Morgan fingerprint density at radius 2 is 1.68 bits per heavy atom. The molecule has 3 aromatic rings. The molecule has 1 heterocycles. The van der Waals surface area contributed by atoms with Crippen LogP contribution in [0, 0.1) is 13.8 Å². The number of benzene rings is 2. The van der Waals surface area contributed by atoms with Crippen molar-refractivity contribution in [2.24, 2.45) is 0 Å². The first-order chi connectivity index (χ1) is 14.1. The quantitative estimate of drug-likeness (QED) is 0.502. The van der Waals surface area contributed by atoms with Crippen LogP contribution >= 0.6 is 23.7 Å². The lowest BCUT2D eigenvalue weighted by atomic mass is 10.1. The number of thiazole rings is 1. The second-order valence-corrected chi connectivity index (χ2v) is 10.8. The lowest BCUT2D eigenvalue weighted by Gasteiger charge is -2.22. The Morgan fingerprint density at radius 1 is 1.03 bits per heavy atom. The second-order valence-electron chi connectivity index (χ2n) is 7.54. The van der Waals surface area contributed by atoms with Gasteiger partial charge in [-0.3, -0.25) is 9.69 Å². The number of sulfone groups is 1. The number of hydrogen-bond donors (Lipinski definition) is 0. The van der Waals surface area contributed by atoms with Crippen LogP contribution < -0.4 is 4.90 Å². The molecule has 0 aliphatic rings. The first-order valence-electron chi connectivity index (χ1n) is 9.80. The number of fused-ring (bicyclic) bond motifs is 1. The zero-order valence-corrected chi connectivity index (χ0v) is 20.8. The van der Waals surface area contributed by atoms with E-state index in [0.717, 1.165) is 15.8 Å². The summed E-state index contributed by atoms with van der Waals surface area (Å²) in [6, 6.07) is 10.3. The molecule has 0 bridgehead atoms. The highest BCUT2D eigenvalue weighted by molar-refractivity contribution is 7.91. The average molecular weight is 482 g/mol. The van der Waals surface area contributed by atoms with Gasteiger partial charge >= 0.3 is 0 Å². The highest BCUT2D eigenvalue weighted by Crippen LogP contribution is 2.32. The van der Waals surface area contributed by atoms with Crippen LogP contribution in [0.15, 0.2) is 41.3 Å². The van der Waals surface area contributed by atoms with Crippen molar-refractivity contribution in [3.05, 3.63) is 53.1 Å². The summed E-state index contributed by atoms with van der Waals surface area (Å²) in [4.78, 5) is 22.0. The normalized spacial score (nSPS) is 11.5. The summed E-state index contributed by atoms with van der Waals surface area (Å²) in [6.07, 6.45) is 0. The van der Waals surface area contributed by atoms with Crippen LogP contribution in [0.1, 0.15) is 28.4 Å². The molecule has 3 rings (SSSR count). The third-order valence-electron chi connectivity index (χ3n) is 5.16. The van der Waals surface area contributed by atoms with Crippen molar-refractivity contribution in [3.63, 3.8) is 0 Å². The maximum Gasteiger partial charge on any atom is 0.260 e. The fraction of sp³-hybridized carbons (Fsp3) is 0.364. The topological polar surface area (TPSA) is 70.6 Å². The zero-order valence-electron chi connectivity index (χ0n) is 18.4. The highest BCUT2D eigenvalue weighted by atomic mass is 35.5. The van der Waals surface area contributed by atoms with Gasteiger partial charge in [-0.05, 0) is 69.4 Å². The number of aryl methyl sites for hydroxylation is 2.